The van der Waals surface area contributed by atoms with Crippen molar-refractivity contribution in [2.24, 2.45) is 5.73 Å². The normalized spacial score (nSPS) is 10.4. The minimum absolute atomic E-state index is 0.253. The molecule has 0 aliphatic rings. The highest BCUT2D eigenvalue weighted by Crippen LogP contribution is 2.26. The third-order valence-corrected chi connectivity index (χ3v) is 4.34. The molecule has 7 heteroatoms. The number of rotatable bonds is 11. The zero-order valence-corrected chi connectivity index (χ0v) is 16.5. The van der Waals surface area contributed by atoms with Gasteiger partial charge in [0, 0.05) is 6.42 Å². The van der Waals surface area contributed by atoms with Crippen molar-refractivity contribution in [1.29, 1.82) is 0 Å². The van der Waals surface area contributed by atoms with Gasteiger partial charge in [0.05, 0.1) is 30.9 Å². The first-order valence-corrected chi connectivity index (χ1v) is 9.38. The first-order valence-electron chi connectivity index (χ1n) is 9.01. The molecule has 6 nitrogen and oxygen atoms in total. The monoisotopic (exact) mass is 405 g/mol. The predicted molar refractivity (Wildman–Crippen MR) is 107 cm³/mol. The summed E-state index contributed by atoms with van der Waals surface area (Å²) >= 11 is 6.24. The first kappa shape index (κ1) is 21.6. The molecule has 0 radical (unpaired) electrons. The number of nitrogens with two attached hydrogens (primary N) is 1. The maximum Gasteiger partial charge on any atom is 0.305 e. The molecule has 2 N–H and O–H groups in total. The topological polar surface area (TPSA) is 87.8 Å². The van der Waals surface area contributed by atoms with E-state index < -0.39 is 5.91 Å². The van der Waals surface area contributed by atoms with E-state index in [1.165, 1.54) is 7.11 Å². The van der Waals surface area contributed by atoms with Crippen molar-refractivity contribution in [2.45, 2.75) is 25.7 Å². The van der Waals surface area contributed by atoms with E-state index in [0.717, 1.165) is 18.4 Å². The number of halogens is 1. The Kier molecular flexibility index (Phi) is 8.62. The van der Waals surface area contributed by atoms with Crippen LogP contribution in [0.2, 0.25) is 5.02 Å². The van der Waals surface area contributed by atoms with Crippen LogP contribution in [0.5, 0.6) is 11.5 Å². The molecule has 2 aromatic carbocycles. The van der Waals surface area contributed by atoms with Crippen molar-refractivity contribution in [2.75, 3.05) is 20.3 Å². The van der Waals surface area contributed by atoms with E-state index in [-0.39, 0.29) is 5.97 Å². The zero-order valence-electron chi connectivity index (χ0n) is 15.8. The number of carbonyl (C=O) groups excluding carboxylic acids is 2. The fourth-order valence-corrected chi connectivity index (χ4v) is 2.79. The SMILES string of the molecule is COC(=O)CCc1ccc(OCCCCOc2ccccc2C(N)=O)c(Cl)c1. The summed E-state index contributed by atoms with van der Waals surface area (Å²) in [5.74, 6) is 0.325. The largest absolute Gasteiger partial charge is 0.493 e. The maximum atomic E-state index is 11.3. The number of carbonyl (C=O) groups is 2. The molecule has 2 aromatic rings. The predicted octanol–water partition coefficient (Wildman–Crippen LogP) is 3.78. The molecule has 0 saturated carbocycles. The molecular weight excluding hydrogens is 382 g/mol. The van der Waals surface area contributed by atoms with E-state index in [4.69, 9.17) is 26.8 Å². The van der Waals surface area contributed by atoms with Gasteiger partial charge in [-0.3, -0.25) is 9.59 Å². The minimum atomic E-state index is -0.511. The Bertz CT molecular complexity index is 809. The van der Waals surface area contributed by atoms with Gasteiger partial charge in [-0.25, -0.2) is 0 Å². The molecule has 0 aromatic heterocycles. The summed E-state index contributed by atoms with van der Waals surface area (Å²) in [5.41, 5.74) is 6.64. The molecular formula is C21H24ClNO5. The van der Waals surface area contributed by atoms with Crippen molar-refractivity contribution >= 4 is 23.5 Å². The Balaban J connectivity index is 1.71. The van der Waals surface area contributed by atoms with Crippen molar-refractivity contribution in [3.05, 3.63) is 58.6 Å². The quantitative estimate of drug-likeness (QED) is 0.454. The number of ether oxygens (including phenoxy) is 3. The number of benzene rings is 2. The Hall–Kier alpha value is -2.73. The number of hydrogen-bond acceptors (Lipinski definition) is 5. The van der Waals surface area contributed by atoms with E-state index in [1.807, 2.05) is 6.07 Å². The van der Waals surface area contributed by atoms with Crippen LogP contribution in [-0.2, 0) is 16.0 Å². The number of hydrogen-bond donors (Lipinski definition) is 1. The molecule has 0 bridgehead atoms. The standard InChI is InChI=1S/C21H24ClNO5/c1-26-20(24)11-9-15-8-10-19(17(22)14-15)28-13-5-4-12-27-18-7-3-2-6-16(18)21(23)25/h2-3,6-8,10,14H,4-5,9,11-13H2,1H3,(H2,23,25). The van der Waals surface area contributed by atoms with E-state index in [0.29, 0.717) is 48.1 Å². The van der Waals surface area contributed by atoms with Gasteiger partial charge in [-0.2, -0.15) is 0 Å². The van der Waals surface area contributed by atoms with E-state index in [9.17, 15) is 9.59 Å². The number of unbranched alkanes of at least 4 members (excludes halogenated alkanes) is 1. The summed E-state index contributed by atoms with van der Waals surface area (Å²) in [7, 11) is 1.37. The highest BCUT2D eigenvalue weighted by atomic mass is 35.5. The number of primary amides is 1. The van der Waals surface area contributed by atoms with Crippen molar-refractivity contribution in [1.82, 2.24) is 0 Å². The molecule has 0 aliphatic carbocycles. The summed E-state index contributed by atoms with van der Waals surface area (Å²) in [5, 5.41) is 0.508. The van der Waals surface area contributed by atoms with Gasteiger partial charge in [-0.1, -0.05) is 29.8 Å². The molecule has 0 aliphatic heterocycles. The molecule has 28 heavy (non-hydrogen) atoms. The lowest BCUT2D eigenvalue weighted by molar-refractivity contribution is -0.140. The van der Waals surface area contributed by atoms with Crippen molar-refractivity contribution in [3.63, 3.8) is 0 Å². The summed E-state index contributed by atoms with van der Waals surface area (Å²) in [6.07, 6.45) is 2.39. The molecule has 150 valence electrons. The maximum absolute atomic E-state index is 11.3. The van der Waals surface area contributed by atoms with Gasteiger partial charge in [0.1, 0.15) is 11.5 Å². The third-order valence-electron chi connectivity index (χ3n) is 4.05. The lowest BCUT2D eigenvalue weighted by atomic mass is 10.1. The number of aryl methyl sites for hydroxylation is 1. The summed E-state index contributed by atoms with van der Waals surface area (Å²) in [6.45, 7) is 0.940. The smallest absolute Gasteiger partial charge is 0.305 e. The average Bonchev–Trinajstić information content (AvgIpc) is 2.70. The van der Waals surface area contributed by atoms with Gasteiger partial charge in [0.25, 0.3) is 5.91 Å². The van der Waals surface area contributed by atoms with Crippen molar-refractivity contribution in [3.8, 4) is 11.5 Å². The fraction of sp³-hybridized carbons (Fsp3) is 0.333. The first-order chi connectivity index (χ1) is 13.5. The van der Waals surface area contributed by atoms with E-state index in [2.05, 4.69) is 4.74 Å². The van der Waals surface area contributed by atoms with E-state index >= 15 is 0 Å². The second-order valence-corrected chi connectivity index (χ2v) is 6.51. The van der Waals surface area contributed by atoms with Gasteiger partial charge in [0.15, 0.2) is 0 Å². The lowest BCUT2D eigenvalue weighted by Gasteiger charge is -2.11. The van der Waals surface area contributed by atoms with Crippen LogP contribution in [0.15, 0.2) is 42.5 Å². The van der Waals surface area contributed by atoms with Crippen LogP contribution in [0.25, 0.3) is 0 Å². The van der Waals surface area contributed by atoms with Crippen molar-refractivity contribution < 1.29 is 23.8 Å². The summed E-state index contributed by atoms with van der Waals surface area (Å²) in [4.78, 5) is 22.5. The Morgan fingerprint density at radius 2 is 1.68 bits per heavy atom. The number of esters is 1. The van der Waals surface area contributed by atoms with Crippen LogP contribution in [0.1, 0.15) is 35.2 Å². The molecule has 0 spiro atoms. The van der Waals surface area contributed by atoms with Crippen LogP contribution in [0.3, 0.4) is 0 Å². The molecule has 0 fully saturated rings. The lowest BCUT2D eigenvalue weighted by Crippen LogP contribution is -2.13. The van der Waals surface area contributed by atoms with Crippen LogP contribution < -0.4 is 15.2 Å². The van der Waals surface area contributed by atoms with Crippen LogP contribution in [0.4, 0.5) is 0 Å². The molecule has 0 atom stereocenters. The molecule has 0 saturated heterocycles. The van der Waals surface area contributed by atoms with E-state index in [1.54, 1.807) is 36.4 Å². The Morgan fingerprint density at radius 3 is 2.32 bits per heavy atom. The Labute approximate surface area is 169 Å². The highest BCUT2D eigenvalue weighted by molar-refractivity contribution is 6.32. The second-order valence-electron chi connectivity index (χ2n) is 6.11. The fourth-order valence-electron chi connectivity index (χ4n) is 2.53. The molecule has 1 amide bonds. The number of para-hydroxylation sites is 1. The van der Waals surface area contributed by atoms with Crippen LogP contribution in [0, 0.1) is 0 Å². The zero-order chi connectivity index (χ0) is 20.4. The Morgan fingerprint density at radius 1 is 1.00 bits per heavy atom. The van der Waals surface area contributed by atoms with Gasteiger partial charge in [0.2, 0.25) is 0 Å². The highest BCUT2D eigenvalue weighted by Gasteiger charge is 2.08. The van der Waals surface area contributed by atoms with Gasteiger partial charge >= 0.3 is 5.97 Å². The molecule has 2 rings (SSSR count). The molecule has 0 heterocycles. The second kappa shape index (κ2) is 11.2. The molecule has 0 unspecified atom stereocenters. The number of methoxy groups -OCH3 is 1. The average molecular weight is 406 g/mol. The third kappa shape index (κ3) is 6.78. The van der Waals surface area contributed by atoms with Gasteiger partial charge in [-0.05, 0) is 49.1 Å². The van der Waals surface area contributed by atoms with Gasteiger partial charge in [-0.15, -0.1) is 0 Å². The van der Waals surface area contributed by atoms with Crippen LogP contribution >= 0.6 is 11.6 Å². The minimum Gasteiger partial charge on any atom is -0.493 e. The summed E-state index contributed by atoms with van der Waals surface area (Å²) in [6, 6.07) is 12.4. The van der Waals surface area contributed by atoms with Crippen LogP contribution in [-0.4, -0.2) is 32.2 Å². The summed E-state index contributed by atoms with van der Waals surface area (Å²) < 4.78 is 16.0. The van der Waals surface area contributed by atoms with Gasteiger partial charge < -0.3 is 19.9 Å². The number of amides is 1.